The topological polar surface area (TPSA) is 109 Å². The summed E-state index contributed by atoms with van der Waals surface area (Å²) in [6.07, 6.45) is 0. The third-order valence-electron chi connectivity index (χ3n) is 5.39. The average molecular weight is 474 g/mol. The van der Waals surface area contributed by atoms with Gasteiger partial charge in [0.2, 0.25) is 0 Å². The van der Waals surface area contributed by atoms with Gasteiger partial charge >= 0.3 is 11.9 Å². The Morgan fingerprint density at radius 2 is 0.778 bits per heavy atom. The minimum atomic E-state index is -1.10. The van der Waals surface area contributed by atoms with E-state index in [2.05, 4.69) is 11.8 Å². The van der Waals surface area contributed by atoms with E-state index in [0.29, 0.717) is 22.3 Å². The highest BCUT2D eigenvalue weighted by atomic mass is 16.4. The molecule has 0 amide bonds. The monoisotopic (exact) mass is 474 g/mol. The Kier molecular flexibility index (Phi) is 6.85. The van der Waals surface area contributed by atoms with E-state index in [-0.39, 0.29) is 33.8 Å². The molecule has 0 radical (unpaired) electrons. The molecule has 0 unspecified atom stereocenters. The van der Waals surface area contributed by atoms with Crippen LogP contribution in [0.25, 0.3) is 0 Å². The maximum absolute atomic E-state index is 12.7. The molecule has 0 aliphatic heterocycles. The van der Waals surface area contributed by atoms with Crippen LogP contribution in [-0.4, -0.2) is 33.7 Å². The first-order valence-electron chi connectivity index (χ1n) is 10.8. The highest BCUT2D eigenvalue weighted by Crippen LogP contribution is 2.15. The van der Waals surface area contributed by atoms with Gasteiger partial charge in [0.25, 0.3) is 0 Å². The molecule has 4 aromatic carbocycles. The second kappa shape index (κ2) is 10.3. The molecular weight excluding hydrogens is 456 g/mol. The predicted octanol–water partition coefficient (Wildman–Crippen LogP) is 4.94. The highest BCUT2D eigenvalue weighted by Gasteiger charge is 2.13. The normalized spacial score (nSPS) is 10.1. The van der Waals surface area contributed by atoms with E-state index in [4.69, 9.17) is 10.2 Å². The van der Waals surface area contributed by atoms with Gasteiger partial charge in [0.1, 0.15) is 0 Å². The van der Waals surface area contributed by atoms with Crippen molar-refractivity contribution in [3.63, 3.8) is 0 Å². The van der Waals surface area contributed by atoms with E-state index in [1.165, 1.54) is 36.4 Å². The first kappa shape index (κ1) is 23.9. The van der Waals surface area contributed by atoms with Crippen LogP contribution in [0.3, 0.4) is 0 Å². The quantitative estimate of drug-likeness (QED) is 0.303. The van der Waals surface area contributed by atoms with Gasteiger partial charge in [0.15, 0.2) is 11.6 Å². The number of carboxylic acids is 2. The number of carboxylic acid groups (broad SMARTS) is 2. The van der Waals surface area contributed by atoms with Gasteiger partial charge in [-0.2, -0.15) is 0 Å². The Bertz CT molecular complexity index is 1430. The number of hydrogen-bond acceptors (Lipinski definition) is 4. The Hall–Kier alpha value is -5.28. The van der Waals surface area contributed by atoms with Crippen LogP contribution in [0.15, 0.2) is 97.1 Å². The van der Waals surface area contributed by atoms with Crippen molar-refractivity contribution in [2.45, 2.75) is 0 Å². The van der Waals surface area contributed by atoms with E-state index >= 15 is 0 Å². The molecule has 4 rings (SSSR count). The molecule has 0 spiro atoms. The van der Waals surface area contributed by atoms with Gasteiger partial charge in [0, 0.05) is 33.4 Å². The van der Waals surface area contributed by atoms with Gasteiger partial charge in [0.05, 0.1) is 11.1 Å². The van der Waals surface area contributed by atoms with Crippen LogP contribution < -0.4 is 0 Å². The maximum Gasteiger partial charge on any atom is 0.335 e. The lowest BCUT2D eigenvalue weighted by atomic mass is 10.00. The molecule has 36 heavy (non-hydrogen) atoms. The Morgan fingerprint density at radius 1 is 0.444 bits per heavy atom. The third kappa shape index (κ3) is 5.44. The van der Waals surface area contributed by atoms with Gasteiger partial charge in [-0.05, 0) is 72.8 Å². The van der Waals surface area contributed by atoms with Crippen molar-refractivity contribution in [3.8, 4) is 11.8 Å². The summed E-state index contributed by atoms with van der Waals surface area (Å²) < 4.78 is 0. The van der Waals surface area contributed by atoms with Gasteiger partial charge < -0.3 is 10.2 Å². The second-order valence-corrected chi connectivity index (χ2v) is 7.83. The molecule has 0 fully saturated rings. The summed E-state index contributed by atoms with van der Waals surface area (Å²) in [5.74, 6) is 3.24. The summed E-state index contributed by atoms with van der Waals surface area (Å²) in [5.41, 5.74) is 2.86. The van der Waals surface area contributed by atoms with Gasteiger partial charge in [-0.25, -0.2) is 9.59 Å². The van der Waals surface area contributed by atoms with Crippen LogP contribution in [-0.2, 0) is 0 Å². The van der Waals surface area contributed by atoms with Gasteiger partial charge in [-0.3, -0.25) is 9.59 Å². The molecule has 0 saturated carbocycles. The van der Waals surface area contributed by atoms with Crippen LogP contribution in [0.5, 0.6) is 0 Å². The summed E-state index contributed by atoms with van der Waals surface area (Å²) >= 11 is 0. The van der Waals surface area contributed by atoms with E-state index < -0.39 is 11.9 Å². The minimum Gasteiger partial charge on any atom is -0.478 e. The molecule has 4 aromatic rings. The fraction of sp³-hybridized carbons (Fsp3) is 0. The summed E-state index contributed by atoms with van der Waals surface area (Å²) in [6.45, 7) is 0. The zero-order valence-electron chi connectivity index (χ0n) is 18.8. The van der Waals surface area contributed by atoms with Crippen molar-refractivity contribution >= 4 is 23.5 Å². The summed E-state index contributed by atoms with van der Waals surface area (Å²) in [6, 6.07) is 25.1. The summed E-state index contributed by atoms with van der Waals surface area (Å²) in [5, 5.41) is 18.2. The van der Waals surface area contributed by atoms with Gasteiger partial charge in [-0.1, -0.05) is 36.1 Å². The number of rotatable bonds is 6. The Labute approximate surface area is 206 Å². The van der Waals surface area contributed by atoms with Crippen LogP contribution in [0.4, 0.5) is 0 Å². The standard InChI is InChI=1S/C30H18O6/c31-27(23-3-1-5-25(17-23)29(33)34)21-13-9-19(10-14-21)7-8-20-11-15-22(16-12-20)28(32)24-4-2-6-26(18-24)30(35)36/h1-6,9-18H,(H,33,34)(H,35,36). The first-order chi connectivity index (χ1) is 17.3. The minimum absolute atomic E-state index is 0.0461. The maximum atomic E-state index is 12.7. The second-order valence-electron chi connectivity index (χ2n) is 7.83. The molecule has 0 aliphatic carbocycles. The average Bonchev–Trinajstić information content (AvgIpc) is 2.91. The van der Waals surface area contributed by atoms with E-state index in [9.17, 15) is 19.2 Å². The molecule has 174 valence electrons. The number of aromatic carboxylic acids is 2. The van der Waals surface area contributed by atoms with Crippen molar-refractivity contribution in [1.29, 1.82) is 0 Å². The largest absolute Gasteiger partial charge is 0.478 e. The lowest BCUT2D eigenvalue weighted by Crippen LogP contribution is -2.04. The molecule has 6 nitrogen and oxygen atoms in total. The van der Waals surface area contributed by atoms with Crippen molar-refractivity contribution in [2.24, 2.45) is 0 Å². The lowest BCUT2D eigenvalue weighted by molar-refractivity contribution is 0.0686. The van der Waals surface area contributed by atoms with E-state index in [0.717, 1.165) is 0 Å². The van der Waals surface area contributed by atoms with Crippen molar-refractivity contribution in [1.82, 2.24) is 0 Å². The van der Waals surface area contributed by atoms with Crippen LogP contribution in [0.2, 0.25) is 0 Å². The molecule has 0 atom stereocenters. The van der Waals surface area contributed by atoms with Crippen LogP contribution in [0.1, 0.15) is 63.7 Å². The predicted molar refractivity (Wildman–Crippen MR) is 133 cm³/mol. The number of benzene rings is 4. The fourth-order valence-electron chi connectivity index (χ4n) is 3.47. The van der Waals surface area contributed by atoms with Gasteiger partial charge in [-0.15, -0.1) is 0 Å². The van der Waals surface area contributed by atoms with Crippen LogP contribution >= 0.6 is 0 Å². The van der Waals surface area contributed by atoms with Crippen molar-refractivity contribution in [3.05, 3.63) is 142 Å². The molecule has 0 aromatic heterocycles. The number of ketones is 2. The summed E-state index contributed by atoms with van der Waals surface area (Å²) in [7, 11) is 0. The Morgan fingerprint density at radius 3 is 1.11 bits per heavy atom. The SMILES string of the molecule is O=C(O)c1cccc(C(=O)c2ccc(C#Cc3ccc(C(=O)c4cccc(C(=O)O)c4)cc3)cc2)c1. The number of carbonyl (C=O) groups is 4. The third-order valence-corrected chi connectivity index (χ3v) is 5.39. The fourth-order valence-corrected chi connectivity index (χ4v) is 3.47. The van der Waals surface area contributed by atoms with Crippen molar-refractivity contribution in [2.75, 3.05) is 0 Å². The molecule has 2 N–H and O–H groups in total. The molecule has 0 bridgehead atoms. The molecule has 0 saturated heterocycles. The molecular formula is C30H18O6. The smallest absolute Gasteiger partial charge is 0.335 e. The molecule has 0 heterocycles. The van der Waals surface area contributed by atoms with Crippen LogP contribution in [0, 0.1) is 11.8 Å². The summed E-state index contributed by atoms with van der Waals surface area (Å²) in [4.78, 5) is 47.6. The highest BCUT2D eigenvalue weighted by molar-refractivity contribution is 6.10. The molecule has 6 heteroatoms. The first-order valence-corrected chi connectivity index (χ1v) is 10.8. The zero-order valence-corrected chi connectivity index (χ0v) is 18.8. The van der Waals surface area contributed by atoms with Crippen molar-refractivity contribution < 1.29 is 29.4 Å². The molecule has 0 aliphatic rings. The van der Waals surface area contributed by atoms with E-state index in [1.54, 1.807) is 60.7 Å². The lowest BCUT2D eigenvalue weighted by Gasteiger charge is -2.03. The zero-order chi connectivity index (χ0) is 25.7. The Balaban J connectivity index is 1.46. The van der Waals surface area contributed by atoms with E-state index in [1.807, 2.05) is 0 Å². The number of carbonyl (C=O) groups excluding carboxylic acids is 2. The number of hydrogen-bond donors (Lipinski definition) is 2.